The number of methoxy groups -OCH3 is 1. The summed E-state index contributed by atoms with van der Waals surface area (Å²) in [5, 5.41) is 12.1. The van der Waals surface area contributed by atoms with E-state index in [1.54, 1.807) is 0 Å². The van der Waals surface area contributed by atoms with E-state index in [4.69, 9.17) is 4.74 Å². The third-order valence-electron chi connectivity index (χ3n) is 3.50. The van der Waals surface area contributed by atoms with Crippen LogP contribution in [0.3, 0.4) is 0 Å². The first-order chi connectivity index (χ1) is 9.74. The highest BCUT2D eigenvalue weighted by atomic mass is 32.1. The number of hydrogen-bond acceptors (Lipinski definition) is 4. The summed E-state index contributed by atoms with van der Waals surface area (Å²) in [6.45, 7) is 10.3. The number of rotatable bonds is 5. The lowest BCUT2D eigenvalue weighted by Gasteiger charge is -2.20. The van der Waals surface area contributed by atoms with Crippen molar-refractivity contribution in [2.75, 3.05) is 12.4 Å². The third-order valence-corrected chi connectivity index (χ3v) is 4.97. The first-order valence-corrected chi connectivity index (χ1v) is 7.94. The highest BCUT2D eigenvalue weighted by molar-refractivity contribution is 7.13. The second kappa shape index (κ2) is 7.06. The molecule has 0 radical (unpaired) electrons. The van der Waals surface area contributed by atoms with Crippen LogP contribution in [0.25, 0.3) is 0 Å². The van der Waals surface area contributed by atoms with E-state index in [9.17, 15) is 10.1 Å². The number of nitrogens with one attached hydrogen (secondary N) is 1. The van der Waals surface area contributed by atoms with Crippen LogP contribution in [0.5, 0.6) is 0 Å². The zero-order valence-electron chi connectivity index (χ0n) is 13.6. The fourth-order valence-corrected chi connectivity index (χ4v) is 2.92. The first kappa shape index (κ1) is 17.7. The lowest BCUT2D eigenvalue weighted by molar-refractivity contribution is -0.128. The molecule has 21 heavy (non-hydrogen) atoms. The van der Waals surface area contributed by atoms with Crippen LogP contribution in [0, 0.1) is 17.2 Å². The Bertz CT molecular complexity index is 537. The van der Waals surface area contributed by atoms with Gasteiger partial charge in [0.25, 0.3) is 5.91 Å². The molecule has 0 aliphatic rings. The number of nitrogens with zero attached hydrogens (tertiary/aromatic N) is 1. The monoisotopic (exact) mass is 308 g/mol. The SMILES string of the molecule is CCC(C)C(OC)C(=O)Nc1cc(C(C)(C)C)sc1C#N. The van der Waals surface area contributed by atoms with Crippen LogP contribution in [-0.2, 0) is 14.9 Å². The molecule has 0 aliphatic heterocycles. The maximum absolute atomic E-state index is 12.3. The maximum Gasteiger partial charge on any atom is 0.253 e. The Morgan fingerprint density at radius 2 is 2.14 bits per heavy atom. The van der Waals surface area contributed by atoms with E-state index < -0.39 is 6.10 Å². The molecule has 2 unspecified atom stereocenters. The minimum absolute atomic E-state index is 0.0450. The molecule has 4 nitrogen and oxygen atoms in total. The van der Waals surface area contributed by atoms with E-state index in [-0.39, 0.29) is 17.2 Å². The van der Waals surface area contributed by atoms with Crippen molar-refractivity contribution in [2.45, 2.75) is 52.6 Å². The zero-order valence-corrected chi connectivity index (χ0v) is 14.4. The Labute approximate surface area is 131 Å². The van der Waals surface area contributed by atoms with Crippen molar-refractivity contribution >= 4 is 22.9 Å². The van der Waals surface area contributed by atoms with Crippen molar-refractivity contribution in [3.8, 4) is 6.07 Å². The van der Waals surface area contributed by atoms with E-state index in [1.807, 2.05) is 19.9 Å². The number of carbonyl (C=O) groups is 1. The molecule has 1 rings (SSSR count). The molecule has 1 heterocycles. The quantitative estimate of drug-likeness (QED) is 0.897. The minimum atomic E-state index is -0.500. The summed E-state index contributed by atoms with van der Waals surface area (Å²) in [5.74, 6) is -0.0668. The number of carbonyl (C=O) groups excluding carboxylic acids is 1. The minimum Gasteiger partial charge on any atom is -0.371 e. The smallest absolute Gasteiger partial charge is 0.253 e. The number of ether oxygens (including phenoxy) is 1. The van der Waals surface area contributed by atoms with Crippen molar-refractivity contribution in [1.29, 1.82) is 5.26 Å². The van der Waals surface area contributed by atoms with Crippen LogP contribution >= 0.6 is 11.3 Å². The topological polar surface area (TPSA) is 62.1 Å². The number of anilines is 1. The molecule has 1 aromatic rings. The van der Waals surface area contributed by atoms with Gasteiger partial charge in [0.15, 0.2) is 0 Å². The molecule has 0 bridgehead atoms. The molecule has 0 aliphatic carbocycles. The van der Waals surface area contributed by atoms with Crippen molar-refractivity contribution in [1.82, 2.24) is 0 Å². The van der Waals surface area contributed by atoms with Gasteiger partial charge >= 0.3 is 0 Å². The molecule has 1 N–H and O–H groups in total. The molecule has 2 atom stereocenters. The van der Waals surface area contributed by atoms with Gasteiger partial charge in [0, 0.05) is 12.0 Å². The maximum atomic E-state index is 12.3. The summed E-state index contributed by atoms with van der Waals surface area (Å²) in [6, 6.07) is 4.05. The number of thiophene rings is 1. The van der Waals surface area contributed by atoms with Crippen molar-refractivity contribution in [3.63, 3.8) is 0 Å². The number of hydrogen-bond donors (Lipinski definition) is 1. The summed E-state index contributed by atoms with van der Waals surface area (Å²) in [5.41, 5.74) is 0.541. The Morgan fingerprint density at radius 1 is 1.52 bits per heavy atom. The fourth-order valence-electron chi connectivity index (χ4n) is 1.95. The third kappa shape index (κ3) is 4.29. The van der Waals surface area contributed by atoms with Gasteiger partial charge in [0.1, 0.15) is 17.1 Å². The summed E-state index contributed by atoms with van der Waals surface area (Å²) in [4.78, 5) is 13.9. The highest BCUT2D eigenvalue weighted by Crippen LogP contribution is 2.35. The van der Waals surface area contributed by atoms with Gasteiger partial charge in [-0.2, -0.15) is 5.26 Å². The van der Waals surface area contributed by atoms with E-state index in [0.717, 1.165) is 11.3 Å². The molecule has 1 amide bonds. The van der Waals surface area contributed by atoms with Crippen LogP contribution in [0.2, 0.25) is 0 Å². The standard InChI is InChI=1S/C16H24N2O2S/c1-7-10(2)14(20-6)15(19)18-11-8-13(16(3,4)5)21-12(11)9-17/h8,10,14H,7H2,1-6H3,(H,18,19). The molecular formula is C16H24N2O2S. The Morgan fingerprint density at radius 3 is 2.57 bits per heavy atom. The number of amides is 1. The summed E-state index contributed by atoms with van der Waals surface area (Å²) in [6.07, 6.45) is 0.355. The second-order valence-electron chi connectivity index (χ2n) is 6.25. The van der Waals surface area contributed by atoms with Gasteiger partial charge in [0.05, 0.1) is 5.69 Å². The highest BCUT2D eigenvalue weighted by Gasteiger charge is 2.26. The number of nitriles is 1. The van der Waals surface area contributed by atoms with Crippen LogP contribution in [0.4, 0.5) is 5.69 Å². The Kier molecular flexibility index (Phi) is 5.94. The van der Waals surface area contributed by atoms with E-state index in [2.05, 4.69) is 32.2 Å². The largest absolute Gasteiger partial charge is 0.371 e. The molecule has 0 spiro atoms. The first-order valence-electron chi connectivity index (χ1n) is 7.12. The van der Waals surface area contributed by atoms with Crippen LogP contribution < -0.4 is 5.32 Å². The molecular weight excluding hydrogens is 284 g/mol. The van der Waals surface area contributed by atoms with Gasteiger partial charge in [0.2, 0.25) is 0 Å². The van der Waals surface area contributed by atoms with Crippen LogP contribution in [-0.4, -0.2) is 19.1 Å². The van der Waals surface area contributed by atoms with Gasteiger partial charge in [-0.1, -0.05) is 41.0 Å². The van der Waals surface area contributed by atoms with Crippen molar-refractivity contribution in [2.24, 2.45) is 5.92 Å². The fraction of sp³-hybridized carbons (Fsp3) is 0.625. The molecule has 116 valence electrons. The van der Waals surface area contributed by atoms with Gasteiger partial charge in [-0.25, -0.2) is 0 Å². The molecule has 5 heteroatoms. The van der Waals surface area contributed by atoms with Gasteiger partial charge in [-0.05, 0) is 17.4 Å². The molecule has 1 aromatic heterocycles. The van der Waals surface area contributed by atoms with Gasteiger partial charge < -0.3 is 10.1 Å². The summed E-state index contributed by atoms with van der Waals surface area (Å²) >= 11 is 1.43. The van der Waals surface area contributed by atoms with E-state index in [1.165, 1.54) is 18.4 Å². The lowest BCUT2D eigenvalue weighted by Crippen LogP contribution is -2.34. The van der Waals surface area contributed by atoms with Gasteiger partial charge in [-0.15, -0.1) is 11.3 Å². The predicted molar refractivity (Wildman–Crippen MR) is 86.6 cm³/mol. The van der Waals surface area contributed by atoms with Crippen LogP contribution in [0.1, 0.15) is 50.8 Å². The predicted octanol–water partition coefficient (Wildman–Crippen LogP) is 3.92. The normalized spacial score (nSPS) is 14.3. The summed E-state index contributed by atoms with van der Waals surface area (Å²) < 4.78 is 5.29. The second-order valence-corrected chi connectivity index (χ2v) is 7.30. The van der Waals surface area contributed by atoms with Gasteiger partial charge in [-0.3, -0.25) is 4.79 Å². The molecule has 0 saturated carbocycles. The van der Waals surface area contributed by atoms with Crippen molar-refractivity contribution in [3.05, 3.63) is 15.8 Å². The zero-order chi connectivity index (χ0) is 16.2. The Hall–Kier alpha value is -1.38. The van der Waals surface area contributed by atoms with E-state index >= 15 is 0 Å². The molecule has 0 aromatic carbocycles. The van der Waals surface area contributed by atoms with Crippen molar-refractivity contribution < 1.29 is 9.53 Å². The lowest BCUT2D eigenvalue weighted by atomic mass is 9.94. The molecule has 0 saturated heterocycles. The van der Waals surface area contributed by atoms with Crippen LogP contribution in [0.15, 0.2) is 6.07 Å². The Balaban J connectivity index is 3.00. The molecule has 0 fully saturated rings. The average Bonchev–Trinajstić information content (AvgIpc) is 2.82. The average molecular weight is 308 g/mol. The summed E-state index contributed by atoms with van der Waals surface area (Å²) in [7, 11) is 1.54. The van der Waals surface area contributed by atoms with E-state index in [0.29, 0.717) is 10.6 Å².